The van der Waals surface area contributed by atoms with Crippen LogP contribution in [0.5, 0.6) is 0 Å². The monoisotopic (exact) mass is 283 g/mol. The number of aryl methyl sites for hydroxylation is 1. The second-order valence-electron chi connectivity index (χ2n) is 3.32. The van der Waals surface area contributed by atoms with Crippen molar-refractivity contribution in [2.24, 2.45) is 0 Å². The average Bonchev–Trinajstić information content (AvgIpc) is 2.96. The predicted molar refractivity (Wildman–Crippen MR) is 68.5 cm³/mol. The molecular formula is C10H9N3O3S2. The third-order valence-electron chi connectivity index (χ3n) is 2.22. The highest BCUT2D eigenvalue weighted by molar-refractivity contribution is 7.15. The molecule has 0 fully saturated rings. The van der Waals surface area contributed by atoms with Gasteiger partial charge in [0.15, 0.2) is 0 Å². The Hall–Kier alpha value is -1.80. The van der Waals surface area contributed by atoms with Crippen molar-refractivity contribution in [3.63, 3.8) is 0 Å². The van der Waals surface area contributed by atoms with E-state index in [4.69, 9.17) is 5.11 Å². The summed E-state index contributed by atoms with van der Waals surface area (Å²) in [6, 6.07) is 1.45. The molecule has 0 aliphatic rings. The van der Waals surface area contributed by atoms with Crippen molar-refractivity contribution >= 4 is 39.7 Å². The number of rotatable bonds is 4. The highest BCUT2D eigenvalue weighted by atomic mass is 32.1. The Kier molecular flexibility index (Phi) is 3.68. The Morgan fingerprint density at radius 1 is 1.50 bits per heavy atom. The second-order valence-corrected chi connectivity index (χ2v) is 5.00. The molecule has 2 aromatic rings. The SMILES string of the molecule is CCc1nnsc1C(=O)Nc1sccc1C(=O)O. The number of carboxylic acids is 1. The fourth-order valence-electron chi connectivity index (χ4n) is 1.35. The minimum Gasteiger partial charge on any atom is -0.478 e. The van der Waals surface area contributed by atoms with Crippen molar-refractivity contribution in [3.05, 3.63) is 27.6 Å². The van der Waals surface area contributed by atoms with Gasteiger partial charge in [0.1, 0.15) is 9.88 Å². The van der Waals surface area contributed by atoms with Crippen LogP contribution in [0.15, 0.2) is 11.4 Å². The van der Waals surface area contributed by atoms with Crippen molar-refractivity contribution in [1.82, 2.24) is 9.59 Å². The summed E-state index contributed by atoms with van der Waals surface area (Å²) in [6.45, 7) is 1.88. The van der Waals surface area contributed by atoms with E-state index >= 15 is 0 Å². The summed E-state index contributed by atoms with van der Waals surface area (Å²) in [4.78, 5) is 23.3. The van der Waals surface area contributed by atoms with Crippen LogP contribution in [-0.4, -0.2) is 26.6 Å². The van der Waals surface area contributed by atoms with Gasteiger partial charge in [-0.3, -0.25) is 4.79 Å². The number of carbonyl (C=O) groups excluding carboxylic acids is 1. The van der Waals surface area contributed by atoms with E-state index in [-0.39, 0.29) is 11.5 Å². The first-order chi connectivity index (χ1) is 8.63. The molecule has 18 heavy (non-hydrogen) atoms. The lowest BCUT2D eigenvalue weighted by molar-refractivity contribution is 0.0698. The molecule has 2 heterocycles. The van der Waals surface area contributed by atoms with Gasteiger partial charge in [-0.2, -0.15) is 0 Å². The lowest BCUT2D eigenvalue weighted by Gasteiger charge is -2.02. The summed E-state index contributed by atoms with van der Waals surface area (Å²) >= 11 is 2.17. The standard InChI is InChI=1S/C10H9N3O3S2/c1-2-6-7(18-13-12-6)8(14)11-9-5(10(15)16)3-4-17-9/h3-4H,2H2,1H3,(H,11,14)(H,15,16). The summed E-state index contributed by atoms with van der Waals surface area (Å²) < 4.78 is 3.72. The molecule has 0 saturated carbocycles. The maximum absolute atomic E-state index is 12.0. The first-order valence-electron chi connectivity index (χ1n) is 5.06. The normalized spacial score (nSPS) is 10.3. The van der Waals surface area contributed by atoms with Crippen molar-refractivity contribution in [2.75, 3.05) is 5.32 Å². The van der Waals surface area contributed by atoms with Gasteiger partial charge in [-0.05, 0) is 29.4 Å². The van der Waals surface area contributed by atoms with E-state index in [2.05, 4.69) is 14.9 Å². The summed E-state index contributed by atoms with van der Waals surface area (Å²) in [5, 5.41) is 17.3. The number of aromatic nitrogens is 2. The topological polar surface area (TPSA) is 92.2 Å². The smallest absolute Gasteiger partial charge is 0.338 e. The summed E-state index contributed by atoms with van der Waals surface area (Å²) in [5.74, 6) is -1.43. The highest BCUT2D eigenvalue weighted by Gasteiger charge is 2.18. The van der Waals surface area contributed by atoms with E-state index in [1.807, 2.05) is 6.92 Å². The Balaban J connectivity index is 2.22. The fraction of sp³-hybridized carbons (Fsp3) is 0.200. The number of amides is 1. The van der Waals surface area contributed by atoms with Crippen LogP contribution < -0.4 is 5.32 Å². The van der Waals surface area contributed by atoms with E-state index < -0.39 is 5.97 Å². The Morgan fingerprint density at radius 2 is 2.28 bits per heavy atom. The first kappa shape index (κ1) is 12.7. The molecule has 0 unspecified atom stereocenters. The lowest BCUT2D eigenvalue weighted by Crippen LogP contribution is -2.13. The largest absolute Gasteiger partial charge is 0.478 e. The average molecular weight is 283 g/mol. The maximum atomic E-state index is 12.0. The number of nitrogens with zero attached hydrogens (tertiary/aromatic N) is 2. The molecule has 0 saturated heterocycles. The van der Waals surface area contributed by atoms with Gasteiger partial charge >= 0.3 is 5.97 Å². The molecule has 8 heteroatoms. The Morgan fingerprint density at radius 3 is 2.94 bits per heavy atom. The van der Waals surface area contributed by atoms with Gasteiger partial charge in [-0.25, -0.2) is 4.79 Å². The number of carboxylic acid groups (broad SMARTS) is 1. The molecule has 0 aliphatic heterocycles. The van der Waals surface area contributed by atoms with Gasteiger partial charge in [0.25, 0.3) is 5.91 Å². The van der Waals surface area contributed by atoms with E-state index in [0.717, 1.165) is 11.5 Å². The Bertz CT molecular complexity index is 591. The number of anilines is 1. The summed E-state index contributed by atoms with van der Waals surface area (Å²) in [5.41, 5.74) is 0.704. The van der Waals surface area contributed by atoms with Gasteiger partial charge in [0.05, 0.1) is 11.3 Å². The molecule has 2 aromatic heterocycles. The molecule has 0 radical (unpaired) electrons. The van der Waals surface area contributed by atoms with E-state index in [1.165, 1.54) is 17.4 Å². The van der Waals surface area contributed by atoms with Gasteiger partial charge in [-0.1, -0.05) is 11.4 Å². The molecule has 0 aliphatic carbocycles. The van der Waals surface area contributed by atoms with Crippen LogP contribution in [0.2, 0.25) is 0 Å². The van der Waals surface area contributed by atoms with Crippen molar-refractivity contribution < 1.29 is 14.7 Å². The second kappa shape index (κ2) is 5.23. The lowest BCUT2D eigenvalue weighted by atomic mass is 10.3. The Labute approximate surface area is 110 Å². The molecule has 1 amide bonds. The number of carbonyl (C=O) groups is 2. The van der Waals surface area contributed by atoms with E-state index in [0.29, 0.717) is 22.0 Å². The van der Waals surface area contributed by atoms with Crippen molar-refractivity contribution in [1.29, 1.82) is 0 Å². The predicted octanol–water partition coefficient (Wildman–Crippen LogP) is 2.11. The summed E-state index contributed by atoms with van der Waals surface area (Å²) in [6.07, 6.45) is 0.607. The van der Waals surface area contributed by atoms with E-state index in [1.54, 1.807) is 5.38 Å². The quantitative estimate of drug-likeness (QED) is 0.896. The first-order valence-corrected chi connectivity index (χ1v) is 6.72. The molecule has 0 aromatic carbocycles. The molecule has 0 atom stereocenters. The zero-order chi connectivity index (χ0) is 13.1. The number of hydrogen-bond acceptors (Lipinski definition) is 6. The van der Waals surface area contributed by atoms with Gasteiger partial charge in [0, 0.05) is 0 Å². The highest BCUT2D eigenvalue weighted by Crippen LogP contribution is 2.24. The zero-order valence-electron chi connectivity index (χ0n) is 9.34. The molecule has 0 spiro atoms. The molecule has 0 bridgehead atoms. The van der Waals surface area contributed by atoms with Crippen LogP contribution in [0.1, 0.15) is 32.6 Å². The maximum Gasteiger partial charge on any atom is 0.338 e. The molecular weight excluding hydrogens is 274 g/mol. The number of nitrogens with one attached hydrogen (secondary N) is 1. The van der Waals surface area contributed by atoms with Crippen molar-refractivity contribution in [2.45, 2.75) is 13.3 Å². The zero-order valence-corrected chi connectivity index (χ0v) is 11.0. The molecule has 94 valence electrons. The van der Waals surface area contributed by atoms with E-state index in [9.17, 15) is 9.59 Å². The number of hydrogen-bond donors (Lipinski definition) is 2. The van der Waals surface area contributed by atoms with Crippen LogP contribution in [0.4, 0.5) is 5.00 Å². The van der Waals surface area contributed by atoms with Crippen molar-refractivity contribution in [3.8, 4) is 0 Å². The van der Waals surface area contributed by atoms with Crippen LogP contribution in [0, 0.1) is 0 Å². The van der Waals surface area contributed by atoms with Crippen LogP contribution >= 0.6 is 22.9 Å². The molecule has 2 rings (SSSR count). The van der Waals surface area contributed by atoms with Crippen LogP contribution in [0.3, 0.4) is 0 Å². The molecule has 2 N–H and O–H groups in total. The van der Waals surface area contributed by atoms with Crippen LogP contribution in [-0.2, 0) is 6.42 Å². The summed E-state index contributed by atoms with van der Waals surface area (Å²) in [7, 11) is 0. The van der Waals surface area contributed by atoms with Gasteiger partial charge in [0.2, 0.25) is 0 Å². The third kappa shape index (κ3) is 2.39. The number of thiophene rings is 1. The fourth-order valence-corrected chi connectivity index (χ4v) is 2.77. The molecule has 6 nitrogen and oxygen atoms in total. The third-order valence-corrected chi connectivity index (χ3v) is 3.82. The van der Waals surface area contributed by atoms with Gasteiger partial charge in [-0.15, -0.1) is 16.4 Å². The van der Waals surface area contributed by atoms with Crippen LogP contribution in [0.25, 0.3) is 0 Å². The minimum atomic E-state index is -1.07. The number of aromatic carboxylic acids is 1. The minimum absolute atomic E-state index is 0.0869. The van der Waals surface area contributed by atoms with Gasteiger partial charge < -0.3 is 10.4 Å².